The molecule has 2 rings (SSSR count). The standard InChI is InChI=1S/C13H16BrN3/c1-13(2,8-15)17-12-10-4-3-5-11(14)9(10)6-7-16-12/h3-7H,8,15H2,1-2H3,(H,16,17). The number of benzene rings is 1. The van der Waals surface area contributed by atoms with Gasteiger partial charge in [0, 0.05) is 33.5 Å². The van der Waals surface area contributed by atoms with E-state index in [1.807, 2.05) is 24.4 Å². The molecule has 3 N–H and O–H groups in total. The number of fused-ring (bicyclic) bond motifs is 1. The number of rotatable bonds is 3. The van der Waals surface area contributed by atoms with Gasteiger partial charge in [-0.15, -0.1) is 0 Å². The first-order chi connectivity index (χ1) is 8.03. The first-order valence-corrected chi connectivity index (χ1v) is 6.34. The van der Waals surface area contributed by atoms with E-state index in [9.17, 15) is 0 Å². The number of anilines is 1. The zero-order valence-corrected chi connectivity index (χ0v) is 11.6. The average Bonchev–Trinajstić information content (AvgIpc) is 2.30. The Kier molecular flexibility index (Phi) is 3.35. The molecule has 0 bridgehead atoms. The largest absolute Gasteiger partial charge is 0.363 e. The Bertz CT molecular complexity index is 537. The number of hydrogen-bond donors (Lipinski definition) is 2. The van der Waals surface area contributed by atoms with Gasteiger partial charge in [0.15, 0.2) is 0 Å². The summed E-state index contributed by atoms with van der Waals surface area (Å²) in [6.45, 7) is 4.68. The Morgan fingerprint density at radius 2 is 2.06 bits per heavy atom. The van der Waals surface area contributed by atoms with Crippen molar-refractivity contribution in [3.05, 3.63) is 34.9 Å². The summed E-state index contributed by atoms with van der Waals surface area (Å²) in [6, 6.07) is 8.09. The summed E-state index contributed by atoms with van der Waals surface area (Å²) < 4.78 is 1.08. The summed E-state index contributed by atoms with van der Waals surface area (Å²) in [5.74, 6) is 0.874. The molecule has 90 valence electrons. The van der Waals surface area contributed by atoms with Crippen LogP contribution in [-0.4, -0.2) is 17.1 Å². The number of aromatic nitrogens is 1. The number of nitrogens with one attached hydrogen (secondary N) is 1. The van der Waals surface area contributed by atoms with Crippen LogP contribution in [0.1, 0.15) is 13.8 Å². The fraction of sp³-hybridized carbons (Fsp3) is 0.308. The highest BCUT2D eigenvalue weighted by molar-refractivity contribution is 9.10. The van der Waals surface area contributed by atoms with Gasteiger partial charge >= 0.3 is 0 Å². The Balaban J connectivity index is 2.52. The van der Waals surface area contributed by atoms with Crippen molar-refractivity contribution in [3.63, 3.8) is 0 Å². The van der Waals surface area contributed by atoms with Crippen molar-refractivity contribution < 1.29 is 0 Å². The predicted molar refractivity (Wildman–Crippen MR) is 76.2 cm³/mol. The first-order valence-electron chi connectivity index (χ1n) is 5.55. The summed E-state index contributed by atoms with van der Waals surface area (Å²) in [6.07, 6.45) is 1.81. The molecule has 0 aliphatic carbocycles. The first kappa shape index (κ1) is 12.3. The van der Waals surface area contributed by atoms with Crippen molar-refractivity contribution in [1.29, 1.82) is 0 Å². The van der Waals surface area contributed by atoms with E-state index in [2.05, 4.69) is 46.1 Å². The summed E-state index contributed by atoms with van der Waals surface area (Å²) >= 11 is 3.55. The number of hydrogen-bond acceptors (Lipinski definition) is 3. The second-order valence-corrected chi connectivity index (χ2v) is 5.56. The molecule has 0 saturated carbocycles. The van der Waals surface area contributed by atoms with Crippen LogP contribution < -0.4 is 11.1 Å². The summed E-state index contributed by atoms with van der Waals surface area (Å²) in [5, 5.41) is 5.63. The zero-order chi connectivity index (χ0) is 12.5. The van der Waals surface area contributed by atoms with Gasteiger partial charge in [-0.25, -0.2) is 4.98 Å². The summed E-state index contributed by atoms with van der Waals surface area (Å²) in [7, 11) is 0. The summed E-state index contributed by atoms with van der Waals surface area (Å²) in [5.41, 5.74) is 5.57. The molecule has 0 amide bonds. The van der Waals surface area contributed by atoms with E-state index < -0.39 is 0 Å². The van der Waals surface area contributed by atoms with Crippen LogP contribution in [0.5, 0.6) is 0 Å². The van der Waals surface area contributed by atoms with Gasteiger partial charge in [0.1, 0.15) is 5.82 Å². The SMILES string of the molecule is CC(C)(CN)Nc1nccc2c(Br)cccc12. The maximum Gasteiger partial charge on any atom is 0.134 e. The van der Waals surface area contributed by atoms with Crippen molar-refractivity contribution >= 4 is 32.5 Å². The highest BCUT2D eigenvalue weighted by atomic mass is 79.9. The van der Waals surface area contributed by atoms with Gasteiger partial charge in [0.05, 0.1) is 0 Å². The highest BCUT2D eigenvalue weighted by Crippen LogP contribution is 2.28. The number of pyridine rings is 1. The Morgan fingerprint density at radius 1 is 1.29 bits per heavy atom. The van der Waals surface area contributed by atoms with Crippen LogP contribution >= 0.6 is 15.9 Å². The Hall–Kier alpha value is -1.13. The molecule has 0 aliphatic heterocycles. The molecule has 3 nitrogen and oxygen atoms in total. The van der Waals surface area contributed by atoms with E-state index in [1.165, 1.54) is 0 Å². The molecule has 0 fully saturated rings. The molecule has 0 aliphatic rings. The normalized spacial score (nSPS) is 11.8. The Morgan fingerprint density at radius 3 is 2.76 bits per heavy atom. The quantitative estimate of drug-likeness (QED) is 0.914. The molecule has 2 aromatic rings. The third-order valence-electron chi connectivity index (χ3n) is 2.72. The van der Waals surface area contributed by atoms with Crippen LogP contribution in [0, 0.1) is 0 Å². The molecule has 17 heavy (non-hydrogen) atoms. The zero-order valence-electron chi connectivity index (χ0n) is 10.00. The van der Waals surface area contributed by atoms with Gasteiger partial charge in [-0.2, -0.15) is 0 Å². The van der Waals surface area contributed by atoms with E-state index in [4.69, 9.17) is 5.73 Å². The van der Waals surface area contributed by atoms with E-state index in [0.717, 1.165) is 21.1 Å². The molecule has 0 saturated heterocycles. The molecule has 1 heterocycles. The Labute approximate surface area is 110 Å². The van der Waals surface area contributed by atoms with E-state index >= 15 is 0 Å². The average molecular weight is 294 g/mol. The number of nitrogens with zero attached hydrogens (tertiary/aromatic N) is 1. The molecular formula is C13H16BrN3. The predicted octanol–water partition coefficient (Wildman–Crippen LogP) is 3.15. The van der Waals surface area contributed by atoms with Gasteiger partial charge < -0.3 is 11.1 Å². The van der Waals surface area contributed by atoms with Crippen molar-refractivity contribution in [2.75, 3.05) is 11.9 Å². The molecule has 4 heteroatoms. The number of nitrogens with two attached hydrogens (primary N) is 1. The maximum atomic E-state index is 5.73. The lowest BCUT2D eigenvalue weighted by Crippen LogP contribution is -2.39. The number of halogens is 1. The van der Waals surface area contributed by atoms with Gasteiger partial charge in [0.2, 0.25) is 0 Å². The topological polar surface area (TPSA) is 50.9 Å². The minimum atomic E-state index is -0.163. The minimum absolute atomic E-state index is 0.163. The van der Waals surface area contributed by atoms with Gasteiger partial charge in [-0.1, -0.05) is 28.1 Å². The van der Waals surface area contributed by atoms with Crippen molar-refractivity contribution in [2.24, 2.45) is 5.73 Å². The van der Waals surface area contributed by atoms with Crippen LogP contribution in [0.3, 0.4) is 0 Å². The fourth-order valence-electron chi connectivity index (χ4n) is 1.64. The van der Waals surface area contributed by atoms with Crippen molar-refractivity contribution in [3.8, 4) is 0 Å². The molecule has 1 aromatic carbocycles. The van der Waals surface area contributed by atoms with Crippen LogP contribution in [0.4, 0.5) is 5.82 Å². The monoisotopic (exact) mass is 293 g/mol. The second kappa shape index (κ2) is 4.63. The summed E-state index contributed by atoms with van der Waals surface area (Å²) in [4.78, 5) is 4.39. The van der Waals surface area contributed by atoms with Crippen LogP contribution in [0.15, 0.2) is 34.9 Å². The van der Waals surface area contributed by atoms with Gasteiger partial charge in [-0.3, -0.25) is 0 Å². The van der Waals surface area contributed by atoms with Crippen LogP contribution in [-0.2, 0) is 0 Å². The third-order valence-corrected chi connectivity index (χ3v) is 3.41. The second-order valence-electron chi connectivity index (χ2n) is 4.71. The van der Waals surface area contributed by atoms with Crippen molar-refractivity contribution in [2.45, 2.75) is 19.4 Å². The smallest absolute Gasteiger partial charge is 0.134 e. The highest BCUT2D eigenvalue weighted by Gasteiger charge is 2.16. The van der Waals surface area contributed by atoms with E-state index in [-0.39, 0.29) is 5.54 Å². The van der Waals surface area contributed by atoms with Gasteiger partial charge in [0.25, 0.3) is 0 Å². The third kappa shape index (κ3) is 2.58. The molecule has 0 spiro atoms. The lowest BCUT2D eigenvalue weighted by atomic mass is 10.1. The molecule has 0 unspecified atom stereocenters. The molecule has 0 atom stereocenters. The minimum Gasteiger partial charge on any atom is -0.363 e. The van der Waals surface area contributed by atoms with Crippen LogP contribution in [0.25, 0.3) is 10.8 Å². The maximum absolute atomic E-state index is 5.73. The van der Waals surface area contributed by atoms with Crippen molar-refractivity contribution in [1.82, 2.24) is 4.98 Å². The molecule has 1 aromatic heterocycles. The van der Waals surface area contributed by atoms with Gasteiger partial charge in [-0.05, 0) is 26.0 Å². The lowest BCUT2D eigenvalue weighted by molar-refractivity contribution is 0.578. The van der Waals surface area contributed by atoms with Crippen LogP contribution in [0.2, 0.25) is 0 Å². The molecule has 0 radical (unpaired) electrons. The van der Waals surface area contributed by atoms with E-state index in [0.29, 0.717) is 6.54 Å². The fourth-order valence-corrected chi connectivity index (χ4v) is 2.14. The lowest BCUT2D eigenvalue weighted by Gasteiger charge is -2.25. The molecular weight excluding hydrogens is 278 g/mol. The van der Waals surface area contributed by atoms with E-state index in [1.54, 1.807) is 0 Å².